The fraction of sp³-hybridized carbons (Fsp3) is 0.667. The molecule has 2 heterocycles. The summed E-state index contributed by atoms with van der Waals surface area (Å²) in [5, 5.41) is 20.0. The molecule has 2 rings (SSSR count). The summed E-state index contributed by atoms with van der Waals surface area (Å²) in [5.41, 5.74) is 0. The fourth-order valence-corrected chi connectivity index (χ4v) is 2.18. The van der Waals surface area contributed by atoms with E-state index in [4.69, 9.17) is 0 Å². The van der Waals surface area contributed by atoms with Crippen LogP contribution in [-0.4, -0.2) is 38.8 Å². The summed E-state index contributed by atoms with van der Waals surface area (Å²) in [4.78, 5) is 16.0. The first kappa shape index (κ1) is 10.9. The van der Waals surface area contributed by atoms with Gasteiger partial charge in [-0.05, 0) is 22.7 Å². The lowest BCUT2D eigenvalue weighted by atomic mass is 10.2. The van der Waals surface area contributed by atoms with E-state index in [2.05, 4.69) is 4.98 Å². The van der Waals surface area contributed by atoms with Crippen molar-refractivity contribution < 1.29 is 10.0 Å². The molecule has 0 unspecified atom stereocenters. The minimum atomic E-state index is -0.484. The van der Waals surface area contributed by atoms with Crippen LogP contribution in [0.5, 0.6) is 0 Å². The maximum absolute atomic E-state index is 10.8. The van der Waals surface area contributed by atoms with Crippen LogP contribution >= 0.6 is 0 Å². The highest BCUT2D eigenvalue weighted by molar-refractivity contribution is 5.56. The molecular formula is C9H14N4O3. The van der Waals surface area contributed by atoms with Crippen LogP contribution in [0.3, 0.4) is 0 Å². The Morgan fingerprint density at radius 2 is 2.50 bits per heavy atom. The topological polar surface area (TPSA) is 84.4 Å². The van der Waals surface area contributed by atoms with E-state index < -0.39 is 4.92 Å². The maximum Gasteiger partial charge on any atom is 0.406 e. The Kier molecular flexibility index (Phi) is 2.78. The molecule has 1 aromatic heterocycles. The number of anilines is 1. The number of hydrogen-bond donors (Lipinski definition) is 1. The van der Waals surface area contributed by atoms with E-state index in [9.17, 15) is 15.2 Å². The van der Waals surface area contributed by atoms with Gasteiger partial charge < -0.3 is 20.1 Å². The minimum Gasteiger partial charge on any atom is -0.394 e. The first-order chi connectivity index (χ1) is 7.65. The Labute approximate surface area is 92.5 Å². The molecule has 16 heavy (non-hydrogen) atoms. The van der Waals surface area contributed by atoms with Gasteiger partial charge in [0.1, 0.15) is 0 Å². The second-order valence-electron chi connectivity index (χ2n) is 3.93. The Hall–Kier alpha value is -1.63. The predicted octanol–water partition coefficient (Wildman–Crippen LogP) is 0.289. The third-order valence-electron chi connectivity index (χ3n) is 2.92. The van der Waals surface area contributed by atoms with Crippen molar-refractivity contribution in [2.45, 2.75) is 18.9 Å². The molecule has 0 amide bonds. The Morgan fingerprint density at radius 1 is 1.75 bits per heavy atom. The molecular weight excluding hydrogens is 212 g/mol. The van der Waals surface area contributed by atoms with E-state index in [1.54, 1.807) is 11.6 Å². The van der Waals surface area contributed by atoms with Crippen molar-refractivity contribution in [3.05, 3.63) is 16.4 Å². The Morgan fingerprint density at radius 3 is 3.12 bits per heavy atom. The number of nitro groups is 1. The van der Waals surface area contributed by atoms with Gasteiger partial charge in [0.2, 0.25) is 12.1 Å². The number of rotatable bonds is 3. The second-order valence-corrected chi connectivity index (χ2v) is 3.93. The molecule has 1 aliphatic rings. The zero-order chi connectivity index (χ0) is 11.7. The number of imidazole rings is 1. The lowest BCUT2D eigenvalue weighted by Crippen LogP contribution is -2.33. The van der Waals surface area contributed by atoms with Gasteiger partial charge >= 0.3 is 5.82 Å². The van der Waals surface area contributed by atoms with Gasteiger partial charge in [-0.15, -0.1) is 0 Å². The molecule has 0 bridgehead atoms. The van der Waals surface area contributed by atoms with Crippen LogP contribution in [0.4, 0.5) is 11.6 Å². The molecule has 0 aromatic carbocycles. The number of hydrogen-bond acceptors (Lipinski definition) is 5. The van der Waals surface area contributed by atoms with E-state index >= 15 is 0 Å². The number of aromatic nitrogens is 2. The molecule has 1 aliphatic heterocycles. The van der Waals surface area contributed by atoms with E-state index in [0.717, 1.165) is 19.4 Å². The third kappa shape index (κ3) is 1.63. The summed E-state index contributed by atoms with van der Waals surface area (Å²) in [6, 6.07) is -0.0332. The predicted molar refractivity (Wildman–Crippen MR) is 57.3 cm³/mol. The lowest BCUT2D eigenvalue weighted by Gasteiger charge is -2.23. The van der Waals surface area contributed by atoms with Crippen LogP contribution in [0.25, 0.3) is 0 Å². The molecule has 0 radical (unpaired) electrons. The highest BCUT2D eigenvalue weighted by atomic mass is 16.6. The van der Waals surface area contributed by atoms with Crippen LogP contribution < -0.4 is 4.90 Å². The number of aryl methyl sites for hydroxylation is 1. The van der Waals surface area contributed by atoms with Crippen molar-refractivity contribution in [3.63, 3.8) is 0 Å². The minimum absolute atomic E-state index is 0.0162. The van der Waals surface area contributed by atoms with Crippen LogP contribution in [0, 0.1) is 10.1 Å². The fourth-order valence-electron chi connectivity index (χ4n) is 2.18. The lowest BCUT2D eigenvalue weighted by molar-refractivity contribution is -0.388. The standard InChI is InChI=1S/C9H14N4O3/c1-11-6-10-8(13(15)16)9(11)12-4-2-3-7(12)5-14/h6-7,14H,2-5H2,1H3/t7-/m1/s1. The van der Waals surface area contributed by atoms with Gasteiger partial charge in [0, 0.05) is 13.6 Å². The molecule has 1 atom stereocenters. The van der Waals surface area contributed by atoms with Crippen LogP contribution in [0.1, 0.15) is 12.8 Å². The highest BCUT2D eigenvalue weighted by Crippen LogP contribution is 2.31. The van der Waals surface area contributed by atoms with Crippen molar-refractivity contribution in [2.75, 3.05) is 18.1 Å². The summed E-state index contributed by atoms with van der Waals surface area (Å²) < 4.78 is 1.63. The monoisotopic (exact) mass is 226 g/mol. The van der Waals surface area contributed by atoms with Gasteiger partial charge in [-0.2, -0.15) is 0 Å². The molecule has 0 aliphatic carbocycles. The van der Waals surface area contributed by atoms with Crippen molar-refractivity contribution in [3.8, 4) is 0 Å². The third-order valence-corrected chi connectivity index (χ3v) is 2.92. The van der Waals surface area contributed by atoms with E-state index in [-0.39, 0.29) is 18.5 Å². The number of aliphatic hydroxyl groups is 1. The molecule has 1 saturated heterocycles. The van der Waals surface area contributed by atoms with Gasteiger partial charge in [0.15, 0.2) is 0 Å². The zero-order valence-electron chi connectivity index (χ0n) is 9.04. The summed E-state index contributed by atoms with van der Waals surface area (Å²) in [5.74, 6) is 0.351. The maximum atomic E-state index is 10.8. The van der Waals surface area contributed by atoms with E-state index in [1.807, 2.05) is 4.90 Å². The average Bonchev–Trinajstić information content (AvgIpc) is 2.82. The van der Waals surface area contributed by atoms with Gasteiger partial charge in [-0.25, -0.2) is 0 Å². The summed E-state index contributed by atoms with van der Waals surface area (Å²) in [6.07, 6.45) is 3.23. The van der Waals surface area contributed by atoms with E-state index in [1.165, 1.54) is 6.33 Å². The van der Waals surface area contributed by atoms with Gasteiger partial charge in [0.05, 0.1) is 12.6 Å². The van der Waals surface area contributed by atoms with Crippen molar-refractivity contribution in [1.29, 1.82) is 0 Å². The van der Waals surface area contributed by atoms with E-state index in [0.29, 0.717) is 5.82 Å². The van der Waals surface area contributed by atoms with Gasteiger partial charge in [0.25, 0.3) is 0 Å². The highest BCUT2D eigenvalue weighted by Gasteiger charge is 2.32. The molecule has 7 heteroatoms. The normalized spacial score (nSPS) is 20.4. The van der Waals surface area contributed by atoms with Crippen molar-refractivity contribution in [1.82, 2.24) is 9.55 Å². The molecule has 1 fully saturated rings. The molecule has 0 saturated carbocycles. The van der Waals surface area contributed by atoms with Crippen LogP contribution in [0.2, 0.25) is 0 Å². The first-order valence-electron chi connectivity index (χ1n) is 5.18. The molecule has 88 valence electrons. The number of aliphatic hydroxyl groups excluding tert-OH is 1. The van der Waals surface area contributed by atoms with Crippen LogP contribution in [-0.2, 0) is 7.05 Å². The number of nitrogens with zero attached hydrogens (tertiary/aromatic N) is 4. The Balaban J connectivity index is 2.38. The molecule has 0 spiro atoms. The second kappa shape index (κ2) is 4.09. The molecule has 1 N–H and O–H groups in total. The quantitative estimate of drug-likeness (QED) is 0.591. The molecule has 1 aromatic rings. The molecule has 7 nitrogen and oxygen atoms in total. The van der Waals surface area contributed by atoms with Crippen LogP contribution in [0.15, 0.2) is 6.33 Å². The Bertz CT molecular complexity index is 403. The first-order valence-corrected chi connectivity index (χ1v) is 5.18. The van der Waals surface area contributed by atoms with Crippen molar-refractivity contribution >= 4 is 11.6 Å². The summed E-state index contributed by atoms with van der Waals surface area (Å²) in [6.45, 7) is 0.744. The SMILES string of the molecule is Cn1cnc([N+](=O)[O-])c1N1CCC[C@@H]1CO. The average molecular weight is 226 g/mol. The van der Waals surface area contributed by atoms with Crippen molar-refractivity contribution in [2.24, 2.45) is 7.05 Å². The largest absolute Gasteiger partial charge is 0.406 e. The van der Waals surface area contributed by atoms with Gasteiger partial charge in [-0.1, -0.05) is 0 Å². The smallest absolute Gasteiger partial charge is 0.394 e. The zero-order valence-corrected chi connectivity index (χ0v) is 9.04. The van der Waals surface area contributed by atoms with Gasteiger partial charge in [-0.3, -0.25) is 4.57 Å². The summed E-state index contributed by atoms with van der Waals surface area (Å²) in [7, 11) is 1.72. The summed E-state index contributed by atoms with van der Waals surface area (Å²) >= 11 is 0.